The molecule has 0 heterocycles. The zero-order valence-electron chi connectivity index (χ0n) is 10.9. The Kier molecular flexibility index (Phi) is 4.97. The number of hydrogen-bond acceptors (Lipinski definition) is 3. The molecule has 0 aliphatic rings. The molecule has 1 amide bonds. The fourth-order valence-electron chi connectivity index (χ4n) is 1.65. The number of carbonyl (C=O) groups is 1. The van der Waals surface area contributed by atoms with Gasteiger partial charge in [0.15, 0.2) is 0 Å². The molecule has 1 rings (SSSR count). The molecule has 0 radical (unpaired) electrons. The summed E-state index contributed by atoms with van der Waals surface area (Å²) in [6.45, 7) is 2.09. The van der Waals surface area contributed by atoms with E-state index in [0.717, 1.165) is 17.7 Å². The molecule has 0 bridgehead atoms. The lowest BCUT2D eigenvalue weighted by atomic mass is 10.0. The molecule has 0 unspecified atom stereocenters. The molecule has 1 aromatic rings. The highest BCUT2D eigenvalue weighted by molar-refractivity contribution is 5.78. The van der Waals surface area contributed by atoms with Crippen molar-refractivity contribution in [2.75, 3.05) is 21.2 Å². The Hall–Kier alpha value is -1.55. The Morgan fingerprint density at radius 1 is 1.41 bits per heavy atom. The lowest BCUT2D eigenvalue weighted by Crippen LogP contribution is -2.37. The largest absolute Gasteiger partial charge is 0.496 e. The summed E-state index contributed by atoms with van der Waals surface area (Å²) in [5.74, 6) is 0.720. The van der Waals surface area contributed by atoms with Gasteiger partial charge in [-0.25, -0.2) is 5.01 Å². The van der Waals surface area contributed by atoms with E-state index in [1.54, 1.807) is 26.2 Å². The van der Waals surface area contributed by atoms with E-state index in [4.69, 9.17) is 4.74 Å². The van der Waals surface area contributed by atoms with E-state index in [9.17, 15) is 4.79 Å². The average molecular weight is 236 g/mol. The first kappa shape index (κ1) is 13.5. The summed E-state index contributed by atoms with van der Waals surface area (Å²) in [5, 5.41) is 1.64. The summed E-state index contributed by atoms with van der Waals surface area (Å²) in [6.07, 6.45) is 1.28. The molecule has 4 heteroatoms. The number of benzene rings is 1. The maximum atomic E-state index is 11.7. The van der Waals surface area contributed by atoms with Gasteiger partial charge >= 0.3 is 0 Å². The summed E-state index contributed by atoms with van der Waals surface area (Å²) < 4.78 is 5.26. The Morgan fingerprint density at radius 3 is 2.65 bits per heavy atom. The molecule has 0 spiro atoms. The molecule has 4 nitrogen and oxygen atoms in total. The quantitative estimate of drug-likeness (QED) is 0.786. The van der Waals surface area contributed by atoms with E-state index >= 15 is 0 Å². The highest BCUT2D eigenvalue weighted by atomic mass is 16.5. The third-order valence-electron chi connectivity index (χ3n) is 2.45. The van der Waals surface area contributed by atoms with E-state index in [0.29, 0.717) is 6.42 Å². The molecule has 94 valence electrons. The van der Waals surface area contributed by atoms with Crippen molar-refractivity contribution in [2.45, 2.75) is 19.8 Å². The van der Waals surface area contributed by atoms with Crippen molar-refractivity contribution in [1.29, 1.82) is 0 Å². The molecule has 0 atom stereocenters. The third-order valence-corrected chi connectivity index (χ3v) is 2.45. The van der Waals surface area contributed by atoms with Gasteiger partial charge in [-0.1, -0.05) is 19.1 Å². The topological polar surface area (TPSA) is 41.6 Å². The Balaban J connectivity index is 2.83. The number of methoxy groups -OCH3 is 1. The highest BCUT2D eigenvalue weighted by Crippen LogP contribution is 2.20. The van der Waals surface area contributed by atoms with Crippen LogP contribution in [0.4, 0.5) is 0 Å². The Morgan fingerprint density at radius 2 is 2.12 bits per heavy atom. The van der Waals surface area contributed by atoms with Gasteiger partial charge in [-0.15, -0.1) is 0 Å². The number of ether oxygens (including phenoxy) is 1. The number of nitrogens with zero attached hydrogens (tertiary/aromatic N) is 1. The molecule has 0 aliphatic carbocycles. The minimum atomic E-state index is -0.0402. The monoisotopic (exact) mass is 236 g/mol. The van der Waals surface area contributed by atoms with Crippen LogP contribution in [-0.4, -0.2) is 32.1 Å². The molecular weight excluding hydrogens is 216 g/mol. The first-order chi connectivity index (χ1) is 8.06. The smallest absolute Gasteiger partial charge is 0.238 e. The van der Waals surface area contributed by atoms with Crippen molar-refractivity contribution >= 4 is 5.91 Å². The second kappa shape index (κ2) is 6.25. The van der Waals surface area contributed by atoms with Crippen molar-refractivity contribution < 1.29 is 9.53 Å². The SMILES string of the molecule is CCc1ccc(OC)c(CC(=O)NN(C)C)c1. The fourth-order valence-corrected chi connectivity index (χ4v) is 1.65. The van der Waals surface area contributed by atoms with E-state index in [1.807, 2.05) is 18.2 Å². The Bertz CT molecular complexity index is 389. The summed E-state index contributed by atoms with van der Waals surface area (Å²) in [6, 6.07) is 5.96. The molecular formula is C13H20N2O2. The molecule has 0 aromatic heterocycles. The van der Waals surface area contributed by atoms with Crippen molar-refractivity contribution in [3.63, 3.8) is 0 Å². The van der Waals surface area contributed by atoms with Gasteiger partial charge in [0, 0.05) is 19.7 Å². The van der Waals surface area contributed by atoms with Crippen molar-refractivity contribution in [2.24, 2.45) is 0 Å². The zero-order valence-corrected chi connectivity index (χ0v) is 10.9. The number of hydrazine groups is 1. The summed E-state index contributed by atoms with van der Waals surface area (Å²) >= 11 is 0. The van der Waals surface area contributed by atoms with Gasteiger partial charge in [0.1, 0.15) is 5.75 Å². The van der Waals surface area contributed by atoms with Crippen LogP contribution in [0.25, 0.3) is 0 Å². The van der Waals surface area contributed by atoms with E-state index in [-0.39, 0.29) is 5.91 Å². The number of nitrogens with one attached hydrogen (secondary N) is 1. The van der Waals surface area contributed by atoms with Gasteiger partial charge in [-0.3, -0.25) is 10.2 Å². The Labute approximate surface area is 103 Å². The second-order valence-corrected chi connectivity index (χ2v) is 4.11. The molecule has 0 aliphatic heterocycles. The van der Waals surface area contributed by atoms with Gasteiger partial charge < -0.3 is 4.74 Å². The maximum absolute atomic E-state index is 11.7. The fraction of sp³-hybridized carbons (Fsp3) is 0.462. The third kappa shape index (κ3) is 4.07. The van der Waals surface area contributed by atoms with Crippen LogP contribution in [0.3, 0.4) is 0 Å². The minimum absolute atomic E-state index is 0.0402. The molecule has 1 aromatic carbocycles. The van der Waals surface area contributed by atoms with Crippen molar-refractivity contribution in [1.82, 2.24) is 10.4 Å². The maximum Gasteiger partial charge on any atom is 0.238 e. The summed E-state index contributed by atoms with van der Waals surface area (Å²) in [4.78, 5) is 11.7. The summed E-state index contributed by atoms with van der Waals surface area (Å²) in [7, 11) is 5.20. The van der Waals surface area contributed by atoms with Gasteiger partial charge in [0.2, 0.25) is 5.91 Å². The van der Waals surface area contributed by atoms with Crippen LogP contribution in [0.5, 0.6) is 5.75 Å². The first-order valence-corrected chi connectivity index (χ1v) is 5.69. The standard InChI is InChI=1S/C13H20N2O2/c1-5-10-6-7-12(17-4)11(8-10)9-13(16)14-15(2)3/h6-8H,5,9H2,1-4H3,(H,14,16). The van der Waals surface area contributed by atoms with E-state index < -0.39 is 0 Å². The average Bonchev–Trinajstić information content (AvgIpc) is 2.27. The number of amides is 1. The van der Waals surface area contributed by atoms with Crippen LogP contribution in [0, 0.1) is 0 Å². The van der Waals surface area contributed by atoms with Gasteiger partial charge in [0.05, 0.1) is 13.5 Å². The van der Waals surface area contributed by atoms with Gasteiger partial charge in [-0.2, -0.15) is 0 Å². The van der Waals surface area contributed by atoms with Crippen LogP contribution in [0.1, 0.15) is 18.1 Å². The number of carbonyl (C=O) groups excluding carboxylic acids is 1. The van der Waals surface area contributed by atoms with Crippen molar-refractivity contribution in [3.05, 3.63) is 29.3 Å². The van der Waals surface area contributed by atoms with Crippen LogP contribution < -0.4 is 10.2 Å². The normalized spacial score (nSPS) is 10.4. The number of aryl methyl sites for hydroxylation is 1. The molecule has 0 saturated carbocycles. The predicted octanol–water partition coefficient (Wildman–Crippen LogP) is 1.39. The lowest BCUT2D eigenvalue weighted by molar-refractivity contribution is -0.124. The van der Waals surface area contributed by atoms with Crippen LogP contribution in [0.15, 0.2) is 18.2 Å². The second-order valence-electron chi connectivity index (χ2n) is 4.11. The van der Waals surface area contributed by atoms with Gasteiger partial charge in [0.25, 0.3) is 0 Å². The minimum Gasteiger partial charge on any atom is -0.496 e. The molecule has 17 heavy (non-hydrogen) atoms. The molecule has 0 fully saturated rings. The zero-order chi connectivity index (χ0) is 12.8. The van der Waals surface area contributed by atoms with E-state index in [2.05, 4.69) is 12.3 Å². The van der Waals surface area contributed by atoms with Gasteiger partial charge in [-0.05, 0) is 18.1 Å². The highest BCUT2D eigenvalue weighted by Gasteiger charge is 2.09. The molecule has 0 saturated heterocycles. The summed E-state index contributed by atoms with van der Waals surface area (Å²) in [5.41, 5.74) is 4.85. The number of rotatable bonds is 5. The van der Waals surface area contributed by atoms with Crippen LogP contribution in [0.2, 0.25) is 0 Å². The number of hydrogen-bond donors (Lipinski definition) is 1. The predicted molar refractivity (Wildman–Crippen MR) is 67.9 cm³/mol. The first-order valence-electron chi connectivity index (χ1n) is 5.69. The van der Waals surface area contributed by atoms with Crippen molar-refractivity contribution in [3.8, 4) is 5.75 Å². The lowest BCUT2D eigenvalue weighted by Gasteiger charge is -2.14. The molecule has 1 N–H and O–H groups in total. The van der Waals surface area contributed by atoms with Crippen LogP contribution >= 0.6 is 0 Å². The van der Waals surface area contributed by atoms with E-state index in [1.165, 1.54) is 5.56 Å². The van der Waals surface area contributed by atoms with Crippen LogP contribution in [-0.2, 0) is 17.6 Å².